The minimum atomic E-state index is -1.11. The fourth-order valence-electron chi connectivity index (χ4n) is 4.39. The highest BCUT2D eigenvalue weighted by atomic mass is 32.2. The first-order chi connectivity index (χ1) is 14.6. The molecule has 2 aromatic heterocycles. The van der Waals surface area contributed by atoms with Crippen LogP contribution in [-0.2, 0) is 22.0 Å². The van der Waals surface area contributed by atoms with Crippen LogP contribution in [0.2, 0.25) is 0 Å². The second kappa shape index (κ2) is 7.90. The highest BCUT2D eigenvalue weighted by Gasteiger charge is 2.30. The minimum Gasteiger partial charge on any atom is -0.348 e. The highest BCUT2D eigenvalue weighted by Crippen LogP contribution is 2.34. The number of carbonyl (C=O) groups is 1. The van der Waals surface area contributed by atoms with Gasteiger partial charge in [-0.15, -0.1) is 0 Å². The third-order valence-electron chi connectivity index (χ3n) is 6.13. The molecule has 3 aliphatic rings. The van der Waals surface area contributed by atoms with Gasteiger partial charge >= 0.3 is 0 Å². The van der Waals surface area contributed by atoms with Gasteiger partial charge in [0.15, 0.2) is 5.82 Å². The van der Waals surface area contributed by atoms with E-state index in [-0.39, 0.29) is 5.91 Å². The molecule has 3 aliphatic heterocycles. The van der Waals surface area contributed by atoms with E-state index in [1.54, 1.807) is 18.3 Å². The summed E-state index contributed by atoms with van der Waals surface area (Å²) in [6.45, 7) is 2.22. The molecule has 2 fully saturated rings. The van der Waals surface area contributed by atoms with Gasteiger partial charge in [0.2, 0.25) is 11.9 Å². The van der Waals surface area contributed by atoms with Gasteiger partial charge in [-0.3, -0.25) is 9.00 Å². The van der Waals surface area contributed by atoms with E-state index in [4.69, 9.17) is 15.0 Å². The number of aliphatic imine (C=N–C) groups is 1. The molecule has 1 N–H and O–H groups in total. The van der Waals surface area contributed by atoms with E-state index in [2.05, 4.69) is 14.9 Å². The molecule has 0 spiro atoms. The van der Waals surface area contributed by atoms with Crippen LogP contribution in [0.4, 0.5) is 11.8 Å². The molecular formula is C20H25N7O2S. The molecule has 5 rings (SSSR count). The Hall–Kier alpha value is -2.62. The number of imidazole rings is 1. The molecule has 0 radical (unpaired) electrons. The number of carbonyl (C=O) groups excluding carboxylic acids is 1. The Morgan fingerprint density at radius 3 is 2.77 bits per heavy atom. The average Bonchev–Trinajstić information content (AvgIpc) is 3.41. The van der Waals surface area contributed by atoms with E-state index in [1.807, 2.05) is 6.20 Å². The first-order valence-corrected chi connectivity index (χ1v) is 11.7. The first-order valence-electron chi connectivity index (χ1n) is 10.4. The average molecular weight is 428 g/mol. The maximum absolute atomic E-state index is 12.6. The molecular weight excluding hydrogens is 402 g/mol. The maximum atomic E-state index is 12.6. The number of rotatable bonds is 3. The molecule has 10 heteroatoms. The molecule has 0 bridgehead atoms. The number of nitrogens with one attached hydrogen (secondary N) is 1. The molecule has 30 heavy (non-hydrogen) atoms. The van der Waals surface area contributed by atoms with E-state index in [1.165, 1.54) is 5.69 Å². The number of piperidine rings is 2. The third kappa shape index (κ3) is 3.64. The number of fused-ring (bicyclic) bond motifs is 1. The van der Waals surface area contributed by atoms with E-state index in [9.17, 15) is 9.00 Å². The number of aryl methyl sites for hydroxylation is 1. The van der Waals surface area contributed by atoms with Crippen LogP contribution >= 0.6 is 0 Å². The summed E-state index contributed by atoms with van der Waals surface area (Å²) in [6, 6.07) is 0. The summed E-state index contributed by atoms with van der Waals surface area (Å²) >= 11 is 0. The van der Waals surface area contributed by atoms with Crippen LogP contribution in [0.1, 0.15) is 43.0 Å². The fourth-order valence-corrected chi connectivity index (χ4v) is 5.68. The zero-order chi connectivity index (χ0) is 20.7. The van der Waals surface area contributed by atoms with Crippen molar-refractivity contribution >= 4 is 34.2 Å². The van der Waals surface area contributed by atoms with Gasteiger partial charge in [-0.1, -0.05) is 0 Å². The summed E-state index contributed by atoms with van der Waals surface area (Å²) in [7, 11) is 0.676. The standard InChI is InChI=1S/C20H25N7O2S/c1-26-11-14(2-3-17(26)28)23-19-18-15(6-9-30(18)29)24-20(25-19)27-7-4-13(5-8-27)16-10-21-12-22-16/h10,12-13H,2-9,11H2,1H3,(H,21,22). The van der Waals surface area contributed by atoms with Crippen LogP contribution in [0.3, 0.4) is 0 Å². The summed E-state index contributed by atoms with van der Waals surface area (Å²) in [6.07, 6.45) is 7.42. The van der Waals surface area contributed by atoms with Crippen LogP contribution in [-0.4, -0.2) is 73.1 Å². The quantitative estimate of drug-likeness (QED) is 0.797. The van der Waals surface area contributed by atoms with Crippen LogP contribution < -0.4 is 4.90 Å². The Morgan fingerprint density at radius 2 is 2.03 bits per heavy atom. The van der Waals surface area contributed by atoms with Crippen molar-refractivity contribution in [3.63, 3.8) is 0 Å². The topological polar surface area (TPSA) is 107 Å². The molecule has 0 aromatic carbocycles. The molecule has 2 aromatic rings. The predicted octanol–water partition coefficient (Wildman–Crippen LogP) is 1.57. The number of nitrogens with zero attached hydrogens (tertiary/aromatic N) is 6. The SMILES string of the molecule is CN1CC(=Nc2nc(N3CCC(c4cnc[nH]4)CC3)nc3c2S(=O)CC3)CCC1=O. The van der Waals surface area contributed by atoms with E-state index >= 15 is 0 Å². The van der Waals surface area contributed by atoms with Crippen molar-refractivity contribution in [1.29, 1.82) is 0 Å². The van der Waals surface area contributed by atoms with Gasteiger partial charge < -0.3 is 14.8 Å². The third-order valence-corrected chi connectivity index (χ3v) is 7.58. The Labute approximate surface area is 177 Å². The summed E-state index contributed by atoms with van der Waals surface area (Å²) in [5, 5.41) is 0. The van der Waals surface area contributed by atoms with Gasteiger partial charge in [0.05, 0.1) is 29.4 Å². The molecule has 1 amide bonds. The number of aromatic amines is 1. The molecule has 0 aliphatic carbocycles. The molecule has 1 unspecified atom stereocenters. The Morgan fingerprint density at radius 1 is 1.20 bits per heavy atom. The van der Waals surface area contributed by atoms with Crippen molar-refractivity contribution in [3.05, 3.63) is 23.9 Å². The lowest BCUT2D eigenvalue weighted by Crippen LogP contribution is -2.37. The van der Waals surface area contributed by atoms with Crippen LogP contribution in [0.5, 0.6) is 0 Å². The Balaban J connectivity index is 1.41. The smallest absolute Gasteiger partial charge is 0.227 e. The van der Waals surface area contributed by atoms with Gasteiger partial charge in [-0.25, -0.2) is 15.0 Å². The lowest BCUT2D eigenvalue weighted by molar-refractivity contribution is -0.129. The van der Waals surface area contributed by atoms with Crippen molar-refractivity contribution in [2.75, 3.05) is 37.3 Å². The van der Waals surface area contributed by atoms with Gasteiger partial charge in [0.25, 0.3) is 0 Å². The van der Waals surface area contributed by atoms with Gasteiger partial charge in [-0.2, -0.15) is 4.98 Å². The number of hydrogen-bond acceptors (Lipinski definition) is 7. The fraction of sp³-hybridized carbons (Fsp3) is 0.550. The highest BCUT2D eigenvalue weighted by molar-refractivity contribution is 7.85. The molecule has 2 saturated heterocycles. The summed E-state index contributed by atoms with van der Waals surface area (Å²) in [5.41, 5.74) is 2.95. The number of hydrogen-bond donors (Lipinski definition) is 1. The molecule has 158 valence electrons. The Kier molecular flexibility index (Phi) is 5.10. The Bertz CT molecular complexity index is 1010. The number of likely N-dealkylation sites (tertiary alicyclic amines) is 1. The van der Waals surface area contributed by atoms with Crippen molar-refractivity contribution in [1.82, 2.24) is 24.8 Å². The van der Waals surface area contributed by atoms with Gasteiger partial charge in [0.1, 0.15) is 4.90 Å². The van der Waals surface area contributed by atoms with Crippen LogP contribution in [0, 0.1) is 0 Å². The van der Waals surface area contributed by atoms with Crippen molar-refractivity contribution < 1.29 is 9.00 Å². The number of anilines is 1. The van der Waals surface area contributed by atoms with E-state index in [0.29, 0.717) is 54.1 Å². The summed E-state index contributed by atoms with van der Waals surface area (Å²) < 4.78 is 12.6. The molecule has 9 nitrogen and oxygen atoms in total. The van der Waals surface area contributed by atoms with Crippen molar-refractivity contribution in [3.8, 4) is 0 Å². The normalized spacial score (nSPS) is 24.0. The minimum absolute atomic E-state index is 0.131. The zero-order valence-electron chi connectivity index (χ0n) is 17.0. The van der Waals surface area contributed by atoms with Crippen LogP contribution in [0.15, 0.2) is 22.4 Å². The van der Waals surface area contributed by atoms with Crippen molar-refractivity contribution in [2.24, 2.45) is 4.99 Å². The van der Waals surface area contributed by atoms with E-state index in [0.717, 1.165) is 37.3 Å². The molecule has 5 heterocycles. The zero-order valence-corrected chi connectivity index (χ0v) is 17.8. The molecule has 0 saturated carbocycles. The van der Waals surface area contributed by atoms with Crippen molar-refractivity contribution in [2.45, 2.75) is 42.9 Å². The summed E-state index contributed by atoms with van der Waals surface area (Å²) in [5.74, 6) is 2.38. The number of amides is 1. The number of aromatic nitrogens is 4. The predicted molar refractivity (Wildman–Crippen MR) is 114 cm³/mol. The number of H-pyrrole nitrogens is 1. The van der Waals surface area contributed by atoms with Gasteiger partial charge in [0, 0.05) is 62.3 Å². The maximum Gasteiger partial charge on any atom is 0.227 e. The van der Waals surface area contributed by atoms with Crippen LogP contribution in [0.25, 0.3) is 0 Å². The lowest BCUT2D eigenvalue weighted by atomic mass is 9.94. The second-order valence-electron chi connectivity index (χ2n) is 8.12. The second-order valence-corrected chi connectivity index (χ2v) is 9.63. The molecule has 1 atom stereocenters. The monoisotopic (exact) mass is 427 g/mol. The van der Waals surface area contributed by atoms with Gasteiger partial charge in [-0.05, 0) is 19.3 Å². The first kappa shape index (κ1) is 19.3. The lowest BCUT2D eigenvalue weighted by Gasteiger charge is -2.31. The largest absolute Gasteiger partial charge is 0.348 e. The summed E-state index contributed by atoms with van der Waals surface area (Å²) in [4.78, 5) is 38.0. The van der Waals surface area contributed by atoms with E-state index < -0.39 is 10.8 Å².